The molecule has 0 aliphatic carbocycles. The molecule has 2 atom stereocenters. The largest absolute Gasteiger partial charge is 0.396 e. The molecule has 0 spiro atoms. The van der Waals surface area contributed by atoms with Crippen molar-refractivity contribution in [3.05, 3.63) is 30.1 Å². The van der Waals surface area contributed by atoms with Crippen LogP contribution in [-0.2, 0) is 4.79 Å². The maximum absolute atomic E-state index is 12.7. The lowest BCUT2D eigenvalue weighted by Gasteiger charge is -2.15. The number of nitrogens with zero attached hydrogens (tertiary/aromatic N) is 1. The third kappa shape index (κ3) is 1.90. The van der Waals surface area contributed by atoms with E-state index in [2.05, 4.69) is 0 Å². The number of anilines is 1. The molecule has 2 rings (SSSR count). The lowest BCUT2D eigenvalue weighted by molar-refractivity contribution is -0.117. The van der Waals surface area contributed by atoms with Crippen LogP contribution in [0, 0.1) is 11.7 Å². The first-order chi connectivity index (χ1) is 7.63. The van der Waals surface area contributed by atoms with E-state index in [1.54, 1.807) is 0 Å². The highest BCUT2D eigenvalue weighted by molar-refractivity contribution is 6.34. The molecule has 1 aromatic rings. The number of rotatable bonds is 2. The molecule has 3 nitrogen and oxygen atoms in total. The monoisotopic (exact) mass is 243 g/mol. The van der Waals surface area contributed by atoms with E-state index in [4.69, 9.17) is 16.7 Å². The first-order valence-electron chi connectivity index (χ1n) is 4.95. The lowest BCUT2D eigenvalue weighted by atomic mass is 10.1. The van der Waals surface area contributed by atoms with Crippen LogP contribution in [0.1, 0.15) is 0 Å². The number of alkyl halides is 1. The van der Waals surface area contributed by atoms with E-state index in [1.807, 2.05) is 0 Å². The zero-order valence-corrected chi connectivity index (χ0v) is 9.19. The molecule has 0 aromatic heterocycles. The Bertz CT molecular complexity index is 395. The van der Waals surface area contributed by atoms with Crippen molar-refractivity contribution in [1.29, 1.82) is 0 Å². The topological polar surface area (TPSA) is 40.5 Å². The van der Waals surface area contributed by atoms with Crippen molar-refractivity contribution in [2.24, 2.45) is 5.92 Å². The molecule has 1 aliphatic heterocycles. The van der Waals surface area contributed by atoms with Gasteiger partial charge >= 0.3 is 0 Å². The third-order valence-electron chi connectivity index (χ3n) is 2.71. The van der Waals surface area contributed by atoms with Gasteiger partial charge in [-0.25, -0.2) is 4.39 Å². The predicted octanol–water partition coefficient (Wildman–Crippen LogP) is 1.39. The zero-order valence-electron chi connectivity index (χ0n) is 8.44. The minimum absolute atomic E-state index is 0.127. The number of aliphatic hydroxyl groups excluding tert-OH is 1. The molecule has 1 fully saturated rings. The zero-order chi connectivity index (χ0) is 11.7. The average Bonchev–Trinajstić information content (AvgIpc) is 2.57. The predicted molar refractivity (Wildman–Crippen MR) is 59.0 cm³/mol. The molecular weight excluding hydrogens is 233 g/mol. The van der Waals surface area contributed by atoms with E-state index in [-0.39, 0.29) is 24.2 Å². The standard InChI is InChI=1S/C11H11ClFNO2/c12-10-7(6-15)5-14(11(10)16)9-3-1-8(13)2-4-9/h1-4,7,10,15H,5-6H2/t7-,10+/m0/s1. The second-order valence-electron chi connectivity index (χ2n) is 3.77. The van der Waals surface area contributed by atoms with Crippen LogP contribution in [0.4, 0.5) is 10.1 Å². The minimum Gasteiger partial charge on any atom is -0.396 e. The quantitative estimate of drug-likeness (QED) is 0.798. The maximum atomic E-state index is 12.7. The van der Waals surface area contributed by atoms with Gasteiger partial charge < -0.3 is 10.0 Å². The van der Waals surface area contributed by atoms with Gasteiger partial charge in [-0.1, -0.05) is 0 Å². The summed E-state index contributed by atoms with van der Waals surface area (Å²) < 4.78 is 12.7. The molecular formula is C11H11ClFNO2. The Morgan fingerprint density at radius 2 is 2.06 bits per heavy atom. The molecule has 1 heterocycles. The van der Waals surface area contributed by atoms with Crippen molar-refractivity contribution in [1.82, 2.24) is 0 Å². The maximum Gasteiger partial charge on any atom is 0.245 e. The van der Waals surface area contributed by atoms with Gasteiger partial charge in [0.2, 0.25) is 5.91 Å². The Balaban J connectivity index is 2.23. The minimum atomic E-state index is -0.699. The Hall–Kier alpha value is -1.13. The van der Waals surface area contributed by atoms with E-state index in [0.29, 0.717) is 12.2 Å². The summed E-state index contributed by atoms with van der Waals surface area (Å²) in [6, 6.07) is 5.63. The molecule has 16 heavy (non-hydrogen) atoms. The van der Waals surface area contributed by atoms with Crippen molar-refractivity contribution in [2.45, 2.75) is 5.38 Å². The molecule has 1 N–H and O–H groups in total. The Morgan fingerprint density at radius 3 is 2.56 bits per heavy atom. The highest BCUT2D eigenvalue weighted by Crippen LogP contribution is 2.28. The summed E-state index contributed by atoms with van der Waals surface area (Å²) in [5.41, 5.74) is 0.605. The molecule has 1 aliphatic rings. The SMILES string of the molecule is O=C1[C@H](Cl)[C@H](CO)CN1c1ccc(F)cc1. The summed E-state index contributed by atoms with van der Waals surface area (Å²) in [4.78, 5) is 13.2. The van der Waals surface area contributed by atoms with Gasteiger partial charge in [-0.15, -0.1) is 11.6 Å². The Morgan fingerprint density at radius 1 is 1.44 bits per heavy atom. The second kappa shape index (κ2) is 4.39. The van der Waals surface area contributed by atoms with Crippen molar-refractivity contribution < 1.29 is 14.3 Å². The Kier molecular flexibility index (Phi) is 3.12. The summed E-state index contributed by atoms with van der Waals surface area (Å²) in [6.45, 7) is 0.243. The van der Waals surface area contributed by atoms with Crippen molar-refractivity contribution >= 4 is 23.2 Å². The number of halogens is 2. The van der Waals surface area contributed by atoms with Gasteiger partial charge in [0.1, 0.15) is 11.2 Å². The fourth-order valence-corrected chi connectivity index (χ4v) is 2.05. The molecule has 0 unspecified atom stereocenters. The van der Waals surface area contributed by atoms with E-state index in [0.717, 1.165) is 0 Å². The molecule has 86 valence electrons. The molecule has 1 amide bonds. The van der Waals surface area contributed by atoms with Crippen LogP contribution >= 0.6 is 11.6 Å². The van der Waals surface area contributed by atoms with Crippen LogP contribution in [0.15, 0.2) is 24.3 Å². The normalized spacial score (nSPS) is 25.2. The average molecular weight is 244 g/mol. The van der Waals surface area contributed by atoms with E-state index < -0.39 is 5.38 Å². The van der Waals surface area contributed by atoms with Gasteiger partial charge in [-0.05, 0) is 24.3 Å². The van der Waals surface area contributed by atoms with Crippen molar-refractivity contribution in [2.75, 3.05) is 18.1 Å². The second-order valence-corrected chi connectivity index (χ2v) is 4.24. The molecule has 5 heteroatoms. The molecule has 1 aromatic carbocycles. The fraction of sp³-hybridized carbons (Fsp3) is 0.364. The van der Waals surface area contributed by atoms with Crippen LogP contribution in [0.5, 0.6) is 0 Å². The van der Waals surface area contributed by atoms with Crippen LogP contribution < -0.4 is 4.90 Å². The van der Waals surface area contributed by atoms with Gasteiger partial charge in [0.05, 0.1) is 0 Å². The fourth-order valence-electron chi connectivity index (χ4n) is 1.77. The number of hydrogen-bond donors (Lipinski definition) is 1. The van der Waals surface area contributed by atoms with Crippen molar-refractivity contribution in [3.8, 4) is 0 Å². The van der Waals surface area contributed by atoms with Gasteiger partial charge in [-0.2, -0.15) is 0 Å². The highest BCUT2D eigenvalue weighted by atomic mass is 35.5. The smallest absolute Gasteiger partial charge is 0.245 e. The van der Waals surface area contributed by atoms with Crippen LogP contribution in [-0.4, -0.2) is 29.5 Å². The van der Waals surface area contributed by atoms with E-state index >= 15 is 0 Å². The molecule has 0 bridgehead atoms. The van der Waals surface area contributed by atoms with Crippen molar-refractivity contribution in [3.63, 3.8) is 0 Å². The highest BCUT2D eigenvalue weighted by Gasteiger charge is 2.39. The first kappa shape index (κ1) is 11.4. The summed E-state index contributed by atoms with van der Waals surface area (Å²) >= 11 is 5.88. The third-order valence-corrected chi connectivity index (χ3v) is 3.25. The summed E-state index contributed by atoms with van der Waals surface area (Å²) in [6.07, 6.45) is 0. The summed E-state index contributed by atoms with van der Waals surface area (Å²) in [5.74, 6) is -0.858. The summed E-state index contributed by atoms with van der Waals surface area (Å²) in [5, 5.41) is 8.34. The number of carbonyl (C=O) groups excluding carboxylic acids is 1. The van der Waals surface area contributed by atoms with Crippen LogP contribution in [0.2, 0.25) is 0 Å². The number of benzene rings is 1. The summed E-state index contributed by atoms with van der Waals surface area (Å²) in [7, 11) is 0. The number of hydrogen-bond acceptors (Lipinski definition) is 2. The molecule has 0 radical (unpaired) electrons. The first-order valence-corrected chi connectivity index (χ1v) is 5.39. The van der Waals surface area contributed by atoms with Gasteiger partial charge in [0.15, 0.2) is 0 Å². The van der Waals surface area contributed by atoms with Gasteiger partial charge in [0.25, 0.3) is 0 Å². The number of aliphatic hydroxyl groups is 1. The van der Waals surface area contributed by atoms with E-state index in [1.165, 1.54) is 29.2 Å². The number of amides is 1. The van der Waals surface area contributed by atoms with E-state index in [9.17, 15) is 9.18 Å². The van der Waals surface area contributed by atoms with Gasteiger partial charge in [0, 0.05) is 24.8 Å². The number of carbonyl (C=O) groups is 1. The lowest BCUT2D eigenvalue weighted by Crippen LogP contribution is -2.27. The van der Waals surface area contributed by atoms with Crippen LogP contribution in [0.25, 0.3) is 0 Å². The van der Waals surface area contributed by atoms with Gasteiger partial charge in [-0.3, -0.25) is 4.79 Å². The molecule has 0 saturated carbocycles. The Labute approximate surface area is 97.4 Å². The van der Waals surface area contributed by atoms with Crippen LogP contribution in [0.3, 0.4) is 0 Å². The molecule has 1 saturated heterocycles.